The number of hydrogen-bond donors (Lipinski definition) is 0. The molecule has 0 saturated carbocycles. The molecule has 0 N–H and O–H groups in total. The minimum absolute atomic E-state index is 0.123. The summed E-state index contributed by atoms with van der Waals surface area (Å²) in [5.74, 6) is -0.639. The van der Waals surface area contributed by atoms with Crippen LogP contribution in [-0.4, -0.2) is 15.5 Å². The van der Waals surface area contributed by atoms with Crippen LogP contribution in [-0.2, 0) is 11.3 Å². The van der Waals surface area contributed by atoms with Crippen molar-refractivity contribution in [1.82, 2.24) is 9.55 Å². The molecule has 122 valence electrons. The van der Waals surface area contributed by atoms with Gasteiger partial charge in [0.1, 0.15) is 18.1 Å². The molecule has 3 rings (SSSR count). The highest BCUT2D eigenvalue weighted by atomic mass is 19.1. The predicted molar refractivity (Wildman–Crippen MR) is 87.5 cm³/mol. The number of carbonyl (C=O) groups excluding carboxylic acids is 1. The fraction of sp³-hybridized carbons (Fsp3) is 0.167. The van der Waals surface area contributed by atoms with Gasteiger partial charge in [0.2, 0.25) is 0 Å². The number of benzene rings is 2. The van der Waals surface area contributed by atoms with Gasteiger partial charge in [-0.25, -0.2) is 14.2 Å². The number of halogens is 1. The third kappa shape index (κ3) is 3.03. The highest BCUT2D eigenvalue weighted by Gasteiger charge is 2.13. The Bertz CT molecular complexity index is 975. The number of aryl methyl sites for hydroxylation is 2. The maximum absolute atomic E-state index is 13.3. The quantitative estimate of drug-likeness (QED) is 0.548. The second-order valence-corrected chi connectivity index (χ2v) is 5.53. The van der Waals surface area contributed by atoms with E-state index in [0.29, 0.717) is 11.3 Å². The lowest BCUT2D eigenvalue weighted by atomic mass is 10.1. The van der Waals surface area contributed by atoms with E-state index in [1.54, 1.807) is 0 Å². The summed E-state index contributed by atoms with van der Waals surface area (Å²) in [7, 11) is 0. The molecule has 0 aliphatic carbocycles. The Morgan fingerprint density at radius 2 is 1.92 bits per heavy atom. The van der Waals surface area contributed by atoms with Gasteiger partial charge in [-0.3, -0.25) is 9.36 Å². The molecule has 1 heterocycles. The molecule has 0 saturated heterocycles. The van der Waals surface area contributed by atoms with Crippen LogP contribution < -0.4 is 10.3 Å². The van der Waals surface area contributed by atoms with Crippen LogP contribution in [0.4, 0.5) is 4.39 Å². The lowest BCUT2D eigenvalue weighted by Crippen LogP contribution is -2.27. The van der Waals surface area contributed by atoms with Gasteiger partial charge >= 0.3 is 5.97 Å². The summed E-state index contributed by atoms with van der Waals surface area (Å²) in [6, 6.07) is 9.30. The van der Waals surface area contributed by atoms with Crippen LogP contribution in [0.25, 0.3) is 10.9 Å². The van der Waals surface area contributed by atoms with E-state index in [2.05, 4.69) is 4.98 Å². The fourth-order valence-corrected chi connectivity index (χ4v) is 2.49. The summed E-state index contributed by atoms with van der Waals surface area (Å²) in [5.41, 5.74) is 1.54. The minimum Gasteiger partial charge on any atom is -0.425 e. The third-order valence-corrected chi connectivity index (χ3v) is 3.71. The van der Waals surface area contributed by atoms with E-state index in [-0.39, 0.29) is 11.9 Å². The first-order valence-electron chi connectivity index (χ1n) is 7.37. The van der Waals surface area contributed by atoms with Gasteiger partial charge in [-0.05, 0) is 43.2 Å². The van der Waals surface area contributed by atoms with Crippen molar-refractivity contribution in [3.63, 3.8) is 0 Å². The lowest BCUT2D eigenvalue weighted by molar-refractivity contribution is -0.135. The monoisotopic (exact) mass is 326 g/mol. The van der Waals surface area contributed by atoms with Crippen molar-refractivity contribution in [2.45, 2.75) is 20.4 Å². The van der Waals surface area contributed by atoms with Crippen LogP contribution >= 0.6 is 0 Å². The Hall–Kier alpha value is -3.02. The summed E-state index contributed by atoms with van der Waals surface area (Å²) in [6.45, 7) is 3.37. The van der Waals surface area contributed by atoms with E-state index >= 15 is 0 Å². The van der Waals surface area contributed by atoms with E-state index in [0.717, 1.165) is 21.8 Å². The number of ether oxygens (including phenoxy) is 1. The smallest absolute Gasteiger partial charge is 0.331 e. The third-order valence-electron chi connectivity index (χ3n) is 3.71. The molecule has 0 aliphatic rings. The number of fused-ring (bicyclic) bond motifs is 1. The SMILES string of the molecule is Cc1cccc(C)c1OC(=O)Cn1cnc2ccc(F)cc2c1=O. The fourth-order valence-electron chi connectivity index (χ4n) is 2.49. The van der Waals surface area contributed by atoms with Crippen LogP contribution in [0.3, 0.4) is 0 Å². The van der Waals surface area contributed by atoms with Crippen molar-refractivity contribution in [3.05, 3.63) is 70.0 Å². The Morgan fingerprint density at radius 1 is 1.21 bits per heavy atom. The molecule has 2 aromatic carbocycles. The first kappa shape index (κ1) is 15.9. The molecule has 0 atom stereocenters. The van der Waals surface area contributed by atoms with Gasteiger partial charge in [-0.15, -0.1) is 0 Å². The normalized spacial score (nSPS) is 10.8. The van der Waals surface area contributed by atoms with Crippen molar-refractivity contribution < 1.29 is 13.9 Å². The van der Waals surface area contributed by atoms with Crippen LogP contribution in [0.15, 0.2) is 47.5 Å². The molecular weight excluding hydrogens is 311 g/mol. The Kier molecular flexibility index (Phi) is 4.12. The van der Waals surface area contributed by atoms with E-state index in [1.165, 1.54) is 18.5 Å². The average molecular weight is 326 g/mol. The average Bonchev–Trinajstić information content (AvgIpc) is 2.54. The number of nitrogens with zero attached hydrogens (tertiary/aromatic N) is 2. The standard InChI is InChI=1S/C18H15FN2O3/c1-11-4-3-5-12(2)17(11)24-16(22)9-21-10-20-15-7-6-13(19)8-14(15)18(21)23/h3-8,10H,9H2,1-2H3. The van der Waals surface area contributed by atoms with Crippen molar-refractivity contribution >= 4 is 16.9 Å². The van der Waals surface area contributed by atoms with Crippen molar-refractivity contribution in [2.24, 2.45) is 0 Å². The second kappa shape index (κ2) is 6.23. The van der Waals surface area contributed by atoms with E-state index in [1.807, 2.05) is 32.0 Å². The highest BCUT2D eigenvalue weighted by molar-refractivity contribution is 5.78. The van der Waals surface area contributed by atoms with Gasteiger partial charge in [-0.2, -0.15) is 0 Å². The minimum atomic E-state index is -0.591. The van der Waals surface area contributed by atoms with E-state index < -0.39 is 17.3 Å². The summed E-state index contributed by atoms with van der Waals surface area (Å²) in [5, 5.41) is 0.123. The molecule has 0 amide bonds. The lowest BCUT2D eigenvalue weighted by Gasteiger charge is -2.11. The van der Waals surface area contributed by atoms with E-state index in [9.17, 15) is 14.0 Å². The Labute approximate surface area is 137 Å². The molecular formula is C18H15FN2O3. The van der Waals surface area contributed by atoms with Crippen molar-refractivity contribution in [2.75, 3.05) is 0 Å². The summed E-state index contributed by atoms with van der Waals surface area (Å²) >= 11 is 0. The molecule has 6 heteroatoms. The molecule has 0 unspecified atom stereocenters. The zero-order valence-corrected chi connectivity index (χ0v) is 13.2. The van der Waals surface area contributed by atoms with Crippen LogP contribution in [0.5, 0.6) is 5.75 Å². The predicted octanol–water partition coefficient (Wildman–Crippen LogP) is 2.76. The van der Waals surface area contributed by atoms with Crippen LogP contribution in [0, 0.1) is 19.7 Å². The molecule has 0 radical (unpaired) electrons. The summed E-state index contributed by atoms with van der Waals surface area (Å²) < 4.78 is 19.8. The molecule has 3 aromatic rings. The summed E-state index contributed by atoms with van der Waals surface area (Å²) in [4.78, 5) is 28.6. The first-order valence-corrected chi connectivity index (χ1v) is 7.37. The van der Waals surface area contributed by atoms with E-state index in [4.69, 9.17) is 4.74 Å². The molecule has 1 aromatic heterocycles. The molecule has 5 nitrogen and oxygen atoms in total. The van der Waals surface area contributed by atoms with Gasteiger partial charge in [0, 0.05) is 0 Å². The Balaban J connectivity index is 1.88. The molecule has 0 fully saturated rings. The van der Waals surface area contributed by atoms with Crippen LogP contribution in [0.2, 0.25) is 0 Å². The van der Waals surface area contributed by atoms with Gasteiger partial charge in [-0.1, -0.05) is 18.2 Å². The van der Waals surface area contributed by atoms with Crippen molar-refractivity contribution in [3.8, 4) is 5.75 Å². The molecule has 0 spiro atoms. The number of esters is 1. The number of carbonyl (C=O) groups is 1. The van der Waals surface area contributed by atoms with Gasteiger partial charge in [0.05, 0.1) is 17.2 Å². The molecule has 24 heavy (non-hydrogen) atoms. The number of rotatable bonds is 3. The zero-order chi connectivity index (χ0) is 17.3. The van der Waals surface area contributed by atoms with Gasteiger partial charge < -0.3 is 4.74 Å². The van der Waals surface area contributed by atoms with Crippen molar-refractivity contribution in [1.29, 1.82) is 0 Å². The second-order valence-electron chi connectivity index (χ2n) is 5.53. The van der Waals surface area contributed by atoms with Crippen LogP contribution in [0.1, 0.15) is 11.1 Å². The van der Waals surface area contributed by atoms with Gasteiger partial charge in [0.15, 0.2) is 0 Å². The number of para-hydroxylation sites is 1. The number of hydrogen-bond acceptors (Lipinski definition) is 4. The maximum atomic E-state index is 13.3. The summed E-state index contributed by atoms with van der Waals surface area (Å²) in [6.07, 6.45) is 1.26. The molecule has 0 aliphatic heterocycles. The van der Waals surface area contributed by atoms with Gasteiger partial charge in [0.25, 0.3) is 5.56 Å². The molecule has 0 bridgehead atoms. The number of aromatic nitrogens is 2. The maximum Gasteiger partial charge on any atom is 0.331 e. The zero-order valence-electron chi connectivity index (χ0n) is 13.2. The Morgan fingerprint density at radius 3 is 2.62 bits per heavy atom. The first-order chi connectivity index (χ1) is 11.5. The largest absolute Gasteiger partial charge is 0.425 e. The topological polar surface area (TPSA) is 61.2 Å². The highest BCUT2D eigenvalue weighted by Crippen LogP contribution is 2.22.